The van der Waals surface area contributed by atoms with E-state index in [4.69, 9.17) is 9.68 Å². The fraction of sp³-hybridized carbons (Fsp3) is 0.268. The quantitative estimate of drug-likeness (QED) is 0.0468. The summed E-state index contributed by atoms with van der Waals surface area (Å²) in [6.07, 6.45) is 11.2. The molecule has 0 saturated heterocycles. The van der Waals surface area contributed by atoms with Crippen molar-refractivity contribution in [2.45, 2.75) is 71.8 Å². The SMILES string of the molecule is CCCCC/C(=N\OC(=O)n1ccnn1)c1ccc2c(c1)c1cc(/C(CCCCC)=N/OC(=O)n3ccnn3)c3ccccc3c1n2Cc1ccccc1. The molecule has 274 valence electrons. The summed E-state index contributed by atoms with van der Waals surface area (Å²) in [7, 11) is 0. The van der Waals surface area contributed by atoms with E-state index in [0.29, 0.717) is 30.8 Å². The topological polar surface area (TPSA) is 144 Å². The van der Waals surface area contributed by atoms with E-state index in [1.54, 1.807) is 0 Å². The van der Waals surface area contributed by atoms with Crippen molar-refractivity contribution >= 4 is 56.2 Å². The van der Waals surface area contributed by atoms with Crippen molar-refractivity contribution in [1.29, 1.82) is 0 Å². The third kappa shape index (κ3) is 7.80. The molecular formula is C41H41N9O4. The Hall–Kier alpha value is -6.50. The van der Waals surface area contributed by atoms with Gasteiger partial charge in [0.2, 0.25) is 0 Å². The molecule has 13 heteroatoms. The summed E-state index contributed by atoms with van der Waals surface area (Å²) in [6, 6.07) is 27.1. The Bertz CT molecular complexity index is 2430. The number of nitrogens with zero attached hydrogens (tertiary/aromatic N) is 9. The third-order valence-electron chi connectivity index (χ3n) is 9.41. The van der Waals surface area contributed by atoms with E-state index in [9.17, 15) is 9.59 Å². The maximum Gasteiger partial charge on any atom is 0.462 e. The highest BCUT2D eigenvalue weighted by Gasteiger charge is 2.21. The average molecular weight is 724 g/mol. The van der Waals surface area contributed by atoms with Crippen molar-refractivity contribution < 1.29 is 19.3 Å². The monoisotopic (exact) mass is 723 g/mol. The van der Waals surface area contributed by atoms with Crippen molar-refractivity contribution in [3.05, 3.63) is 120 Å². The van der Waals surface area contributed by atoms with Crippen LogP contribution in [0.2, 0.25) is 0 Å². The number of benzene rings is 4. The highest BCUT2D eigenvalue weighted by molar-refractivity contribution is 6.24. The smallest absolute Gasteiger partial charge is 0.335 e. The Morgan fingerprint density at radius 2 is 1.26 bits per heavy atom. The van der Waals surface area contributed by atoms with Crippen molar-refractivity contribution in [2.24, 2.45) is 10.3 Å². The number of fused-ring (bicyclic) bond motifs is 5. The molecule has 0 fully saturated rings. The van der Waals surface area contributed by atoms with Crippen molar-refractivity contribution in [1.82, 2.24) is 34.6 Å². The molecule has 7 aromatic rings. The molecule has 13 nitrogen and oxygen atoms in total. The van der Waals surface area contributed by atoms with Crippen molar-refractivity contribution in [2.75, 3.05) is 0 Å². The highest BCUT2D eigenvalue weighted by atomic mass is 16.7. The highest BCUT2D eigenvalue weighted by Crippen LogP contribution is 2.38. The Morgan fingerprint density at radius 3 is 1.89 bits per heavy atom. The summed E-state index contributed by atoms with van der Waals surface area (Å²) in [4.78, 5) is 36.4. The average Bonchev–Trinajstić information content (AvgIpc) is 4.00. The standard InChI is InChI=1S/C41H41N9O4/c1-3-5-8-18-36(44-53-40(51)49-24-22-42-46-49)30-20-21-38-34(26-30)35-27-33(37(19-9-6-4-2)45-54-41(52)50-25-23-43-47-50)31-16-12-13-17-32(31)39(35)48(38)28-29-14-10-7-11-15-29/h7,10-17,20-27H,3-6,8-9,18-19,28H2,1-2H3/b44-36+,45-37+. The maximum absolute atomic E-state index is 12.8. The fourth-order valence-electron chi connectivity index (χ4n) is 6.75. The lowest BCUT2D eigenvalue weighted by Gasteiger charge is -2.14. The first kappa shape index (κ1) is 35.9. The molecule has 0 N–H and O–H groups in total. The van der Waals surface area contributed by atoms with Gasteiger partial charge in [-0.05, 0) is 54.8 Å². The van der Waals surface area contributed by atoms with Crippen molar-refractivity contribution in [3.8, 4) is 0 Å². The van der Waals surface area contributed by atoms with Crippen LogP contribution in [-0.4, -0.2) is 58.2 Å². The van der Waals surface area contributed by atoms with E-state index in [1.165, 1.54) is 24.8 Å². The molecule has 0 aliphatic rings. The van der Waals surface area contributed by atoms with Crippen LogP contribution in [-0.2, 0) is 16.2 Å². The van der Waals surface area contributed by atoms with Gasteiger partial charge in [0, 0.05) is 39.3 Å². The lowest BCUT2D eigenvalue weighted by atomic mass is 9.94. The first-order valence-corrected chi connectivity index (χ1v) is 18.4. The Kier molecular flexibility index (Phi) is 11.2. The number of carbonyl (C=O) groups is 2. The van der Waals surface area contributed by atoms with Crippen LogP contribution in [0.4, 0.5) is 9.59 Å². The van der Waals surface area contributed by atoms with E-state index in [2.05, 4.69) is 104 Å². The van der Waals surface area contributed by atoms with Gasteiger partial charge in [0.15, 0.2) is 0 Å². The second-order valence-electron chi connectivity index (χ2n) is 13.1. The van der Waals surface area contributed by atoms with Gasteiger partial charge in [-0.3, -0.25) is 9.68 Å². The normalized spacial score (nSPS) is 12.2. The van der Waals surface area contributed by atoms with Gasteiger partial charge < -0.3 is 4.57 Å². The van der Waals surface area contributed by atoms with Gasteiger partial charge in [0.1, 0.15) is 0 Å². The van der Waals surface area contributed by atoms with E-state index in [-0.39, 0.29) is 0 Å². The number of aromatic nitrogens is 7. The number of rotatable bonds is 14. The summed E-state index contributed by atoms with van der Waals surface area (Å²) >= 11 is 0. The molecule has 3 aromatic heterocycles. The zero-order chi connectivity index (χ0) is 37.3. The maximum atomic E-state index is 12.8. The molecule has 7 rings (SSSR count). The van der Waals surface area contributed by atoms with Gasteiger partial charge in [-0.25, -0.2) is 9.59 Å². The second kappa shape index (κ2) is 16.9. The van der Waals surface area contributed by atoms with E-state index in [0.717, 1.165) is 97.2 Å². The van der Waals surface area contributed by atoms with Crippen LogP contribution in [0.25, 0.3) is 32.6 Å². The van der Waals surface area contributed by atoms with Crippen LogP contribution in [0.15, 0.2) is 114 Å². The molecule has 0 atom stereocenters. The molecule has 0 amide bonds. The largest absolute Gasteiger partial charge is 0.462 e. The molecule has 0 spiro atoms. The first-order valence-electron chi connectivity index (χ1n) is 18.4. The van der Waals surface area contributed by atoms with Crippen LogP contribution < -0.4 is 0 Å². The summed E-state index contributed by atoms with van der Waals surface area (Å²) in [5.74, 6) is 0. The molecule has 0 aliphatic carbocycles. The number of hydrogen-bond acceptors (Lipinski definition) is 10. The molecule has 3 heterocycles. The molecule has 0 aliphatic heterocycles. The van der Waals surface area contributed by atoms with E-state index in [1.807, 2.05) is 24.3 Å². The summed E-state index contributed by atoms with van der Waals surface area (Å²) in [6.45, 7) is 4.94. The Labute approximate surface area is 311 Å². The third-order valence-corrected chi connectivity index (χ3v) is 9.41. The molecular weight excluding hydrogens is 683 g/mol. The summed E-state index contributed by atoms with van der Waals surface area (Å²) in [5, 5.41) is 27.8. The number of hydrogen-bond donors (Lipinski definition) is 0. The second-order valence-corrected chi connectivity index (χ2v) is 13.1. The van der Waals surface area contributed by atoms with Crippen LogP contribution in [0.1, 0.15) is 81.9 Å². The Morgan fingerprint density at radius 1 is 0.648 bits per heavy atom. The minimum Gasteiger partial charge on any atom is -0.335 e. The molecule has 4 aromatic carbocycles. The molecule has 0 bridgehead atoms. The first-order chi connectivity index (χ1) is 26.6. The predicted molar refractivity (Wildman–Crippen MR) is 208 cm³/mol. The van der Waals surface area contributed by atoms with Crippen molar-refractivity contribution in [3.63, 3.8) is 0 Å². The Balaban J connectivity index is 1.42. The number of carbonyl (C=O) groups excluding carboxylic acids is 2. The number of oxime groups is 2. The van der Waals surface area contributed by atoms with E-state index >= 15 is 0 Å². The van der Waals surface area contributed by atoms with Crippen LogP contribution in [0.5, 0.6) is 0 Å². The van der Waals surface area contributed by atoms with Gasteiger partial charge in [0.25, 0.3) is 0 Å². The van der Waals surface area contributed by atoms with Crippen LogP contribution >= 0.6 is 0 Å². The molecule has 0 radical (unpaired) electrons. The van der Waals surface area contributed by atoms with Gasteiger partial charge in [0.05, 0.1) is 41.7 Å². The zero-order valence-electron chi connectivity index (χ0n) is 30.3. The minimum absolute atomic E-state index is 0.604. The van der Waals surface area contributed by atoms with Gasteiger partial charge in [-0.15, -0.1) is 10.2 Å². The van der Waals surface area contributed by atoms with Crippen LogP contribution in [0.3, 0.4) is 0 Å². The fourth-order valence-corrected chi connectivity index (χ4v) is 6.75. The van der Waals surface area contributed by atoms with Gasteiger partial charge in [-0.2, -0.15) is 9.36 Å². The molecule has 0 unspecified atom stereocenters. The molecule has 0 saturated carbocycles. The summed E-state index contributed by atoms with van der Waals surface area (Å²) < 4.78 is 4.37. The van der Waals surface area contributed by atoms with E-state index < -0.39 is 12.2 Å². The lowest BCUT2D eigenvalue weighted by Crippen LogP contribution is -2.14. The predicted octanol–water partition coefficient (Wildman–Crippen LogP) is 9.12. The molecule has 54 heavy (non-hydrogen) atoms. The van der Waals surface area contributed by atoms with Crippen LogP contribution in [0, 0.1) is 0 Å². The van der Waals surface area contributed by atoms with Gasteiger partial charge in [-0.1, -0.05) is 121 Å². The zero-order valence-corrected chi connectivity index (χ0v) is 30.3. The minimum atomic E-state index is -0.741. The summed E-state index contributed by atoms with van der Waals surface area (Å²) in [5.41, 5.74) is 6.31. The van der Waals surface area contributed by atoms with Gasteiger partial charge >= 0.3 is 12.2 Å². The lowest BCUT2D eigenvalue weighted by molar-refractivity contribution is 0.147. The number of unbranched alkanes of at least 4 members (excludes halogenated alkanes) is 4.